The summed E-state index contributed by atoms with van der Waals surface area (Å²) < 4.78 is 10.4. The van der Waals surface area contributed by atoms with E-state index < -0.39 is 0 Å². The Kier molecular flexibility index (Phi) is 5.07. The second-order valence-electron chi connectivity index (χ2n) is 4.12. The quantitative estimate of drug-likeness (QED) is 0.831. The largest absolute Gasteiger partial charge is 0.493 e. The molecule has 0 aliphatic rings. The molecule has 0 aliphatic heterocycles. The number of nitrogens with zero attached hydrogens (tertiary/aromatic N) is 2. The van der Waals surface area contributed by atoms with Crippen LogP contribution in [-0.2, 0) is 17.8 Å². The Bertz CT molecular complexity index is 630. The first-order valence-corrected chi connectivity index (χ1v) is 7.01. The maximum absolute atomic E-state index is 12.0. The van der Waals surface area contributed by atoms with Gasteiger partial charge in [0, 0.05) is 6.54 Å². The first-order valence-electron chi connectivity index (χ1n) is 6.19. The lowest BCUT2D eigenvalue weighted by molar-refractivity contribution is -0.115. The van der Waals surface area contributed by atoms with Crippen LogP contribution < -0.4 is 20.5 Å². The summed E-state index contributed by atoms with van der Waals surface area (Å²) in [5, 5.41) is 11.5. The number of methoxy groups -OCH3 is 2. The van der Waals surface area contributed by atoms with Crippen LogP contribution in [0.3, 0.4) is 0 Å². The van der Waals surface area contributed by atoms with Crippen LogP contribution in [0.15, 0.2) is 18.2 Å². The summed E-state index contributed by atoms with van der Waals surface area (Å²) in [5.74, 6) is 1.03. The predicted octanol–water partition coefficient (Wildman–Crippen LogP) is 1.20. The average molecular weight is 308 g/mol. The Balaban J connectivity index is 2.02. The van der Waals surface area contributed by atoms with Crippen LogP contribution in [0.25, 0.3) is 0 Å². The molecule has 0 spiro atoms. The van der Waals surface area contributed by atoms with Crippen molar-refractivity contribution in [1.82, 2.24) is 10.2 Å². The van der Waals surface area contributed by atoms with Gasteiger partial charge in [-0.05, 0) is 17.7 Å². The highest BCUT2D eigenvalue weighted by atomic mass is 32.1. The number of nitrogens with two attached hydrogens (primary N) is 1. The van der Waals surface area contributed by atoms with Crippen LogP contribution in [-0.4, -0.2) is 30.3 Å². The van der Waals surface area contributed by atoms with Crippen molar-refractivity contribution in [3.63, 3.8) is 0 Å². The summed E-state index contributed by atoms with van der Waals surface area (Å²) in [6, 6.07) is 5.34. The number of benzene rings is 1. The minimum absolute atomic E-state index is 0.179. The Morgan fingerprint density at radius 3 is 2.67 bits per heavy atom. The van der Waals surface area contributed by atoms with Gasteiger partial charge in [0.15, 0.2) is 11.5 Å². The van der Waals surface area contributed by atoms with E-state index in [1.165, 1.54) is 11.3 Å². The van der Waals surface area contributed by atoms with E-state index in [4.69, 9.17) is 15.2 Å². The molecule has 112 valence electrons. The van der Waals surface area contributed by atoms with Gasteiger partial charge in [0.1, 0.15) is 5.01 Å². The van der Waals surface area contributed by atoms with Gasteiger partial charge in [0.05, 0.1) is 20.6 Å². The molecule has 21 heavy (non-hydrogen) atoms. The molecule has 1 amide bonds. The van der Waals surface area contributed by atoms with Crippen molar-refractivity contribution in [2.75, 3.05) is 19.5 Å². The van der Waals surface area contributed by atoms with Crippen molar-refractivity contribution in [2.45, 2.75) is 13.0 Å². The van der Waals surface area contributed by atoms with Crippen LogP contribution in [0.5, 0.6) is 11.5 Å². The summed E-state index contributed by atoms with van der Waals surface area (Å²) >= 11 is 1.26. The van der Waals surface area contributed by atoms with Gasteiger partial charge in [-0.2, -0.15) is 0 Å². The molecular formula is C13H16N4O3S. The maximum Gasteiger partial charge on any atom is 0.230 e. The molecule has 0 radical (unpaired) electrons. The summed E-state index contributed by atoms with van der Waals surface area (Å²) in [5.41, 5.74) is 6.26. The normalized spacial score (nSPS) is 10.2. The number of amides is 1. The minimum Gasteiger partial charge on any atom is -0.493 e. The van der Waals surface area contributed by atoms with Crippen LogP contribution in [0.2, 0.25) is 0 Å². The average Bonchev–Trinajstić information content (AvgIpc) is 2.94. The van der Waals surface area contributed by atoms with Crippen molar-refractivity contribution in [3.05, 3.63) is 28.8 Å². The number of hydrogen-bond donors (Lipinski definition) is 2. The number of carbonyl (C=O) groups excluding carboxylic acids is 1. The molecule has 0 fully saturated rings. The Morgan fingerprint density at radius 1 is 1.29 bits per heavy atom. The number of nitrogens with one attached hydrogen (secondary N) is 1. The Labute approximate surface area is 126 Å². The third-order valence-corrected chi connectivity index (χ3v) is 3.56. The lowest BCUT2D eigenvalue weighted by Gasteiger charge is -2.09. The minimum atomic E-state index is -0.179. The standard InChI is InChI=1S/C13H16N4O3S/c1-19-9-4-3-8(5-10(9)20-2)6-11(18)15-13-17-16-12(7-14)21-13/h3-5H,6-7,14H2,1-2H3,(H,15,17,18). The number of ether oxygens (including phenoxy) is 2. The van der Waals surface area contributed by atoms with Crippen molar-refractivity contribution < 1.29 is 14.3 Å². The van der Waals surface area contributed by atoms with Gasteiger partial charge in [-0.1, -0.05) is 17.4 Å². The van der Waals surface area contributed by atoms with Crippen molar-refractivity contribution in [1.29, 1.82) is 0 Å². The van der Waals surface area contributed by atoms with E-state index >= 15 is 0 Å². The van der Waals surface area contributed by atoms with Crippen molar-refractivity contribution in [3.8, 4) is 11.5 Å². The molecule has 2 aromatic rings. The molecule has 0 saturated heterocycles. The topological polar surface area (TPSA) is 99.4 Å². The third-order valence-electron chi connectivity index (χ3n) is 2.70. The lowest BCUT2D eigenvalue weighted by Crippen LogP contribution is -2.14. The summed E-state index contributed by atoms with van der Waals surface area (Å²) in [4.78, 5) is 12.0. The van der Waals surface area contributed by atoms with E-state index in [9.17, 15) is 4.79 Å². The van der Waals surface area contributed by atoms with E-state index in [1.54, 1.807) is 26.4 Å². The van der Waals surface area contributed by atoms with Crippen LogP contribution >= 0.6 is 11.3 Å². The van der Waals surface area contributed by atoms with E-state index in [0.29, 0.717) is 28.2 Å². The van der Waals surface area contributed by atoms with E-state index in [-0.39, 0.29) is 12.3 Å². The monoisotopic (exact) mass is 308 g/mol. The molecule has 7 nitrogen and oxygen atoms in total. The predicted molar refractivity (Wildman–Crippen MR) is 79.7 cm³/mol. The summed E-state index contributed by atoms with van der Waals surface area (Å²) in [6.45, 7) is 0.309. The van der Waals surface area contributed by atoms with Gasteiger partial charge in [0.25, 0.3) is 0 Å². The summed E-state index contributed by atoms with van der Waals surface area (Å²) in [6.07, 6.45) is 0.206. The molecule has 1 heterocycles. The van der Waals surface area contributed by atoms with Gasteiger partial charge in [-0.25, -0.2) is 0 Å². The van der Waals surface area contributed by atoms with Crippen LogP contribution in [0, 0.1) is 0 Å². The van der Waals surface area contributed by atoms with Gasteiger partial charge in [-0.3, -0.25) is 4.79 Å². The molecule has 0 bridgehead atoms. The van der Waals surface area contributed by atoms with Crippen molar-refractivity contribution in [2.24, 2.45) is 5.73 Å². The molecule has 0 unspecified atom stereocenters. The second kappa shape index (κ2) is 7.00. The molecule has 1 aromatic carbocycles. The van der Waals surface area contributed by atoms with Gasteiger partial charge in [-0.15, -0.1) is 10.2 Å². The van der Waals surface area contributed by atoms with Gasteiger partial charge >= 0.3 is 0 Å². The number of hydrogen-bond acceptors (Lipinski definition) is 7. The first-order chi connectivity index (χ1) is 10.2. The SMILES string of the molecule is COc1ccc(CC(=O)Nc2nnc(CN)s2)cc1OC. The fourth-order valence-electron chi connectivity index (χ4n) is 1.73. The zero-order chi connectivity index (χ0) is 15.2. The third kappa shape index (κ3) is 3.89. The highest BCUT2D eigenvalue weighted by Crippen LogP contribution is 2.27. The number of rotatable bonds is 6. The van der Waals surface area contributed by atoms with E-state index in [1.807, 2.05) is 6.07 Å². The van der Waals surface area contributed by atoms with Crippen LogP contribution in [0.4, 0.5) is 5.13 Å². The molecular weight excluding hydrogens is 292 g/mol. The lowest BCUT2D eigenvalue weighted by atomic mass is 10.1. The zero-order valence-electron chi connectivity index (χ0n) is 11.8. The first kappa shape index (κ1) is 15.2. The second-order valence-corrected chi connectivity index (χ2v) is 5.18. The number of carbonyl (C=O) groups is 1. The fourth-order valence-corrected chi connectivity index (χ4v) is 2.36. The smallest absolute Gasteiger partial charge is 0.230 e. The molecule has 3 N–H and O–H groups in total. The Hall–Kier alpha value is -2.19. The molecule has 0 aliphatic carbocycles. The van der Waals surface area contributed by atoms with Crippen molar-refractivity contribution >= 4 is 22.4 Å². The zero-order valence-corrected chi connectivity index (χ0v) is 12.6. The number of aromatic nitrogens is 2. The maximum atomic E-state index is 12.0. The summed E-state index contributed by atoms with van der Waals surface area (Å²) in [7, 11) is 3.12. The van der Waals surface area contributed by atoms with Gasteiger partial charge in [0.2, 0.25) is 11.0 Å². The Morgan fingerprint density at radius 2 is 2.05 bits per heavy atom. The van der Waals surface area contributed by atoms with Gasteiger partial charge < -0.3 is 20.5 Å². The van der Waals surface area contributed by atoms with Crippen LogP contribution in [0.1, 0.15) is 10.6 Å². The molecule has 2 rings (SSSR count). The fraction of sp³-hybridized carbons (Fsp3) is 0.308. The molecule has 0 saturated carbocycles. The van der Waals surface area contributed by atoms with E-state index in [0.717, 1.165) is 5.56 Å². The molecule has 1 aromatic heterocycles. The highest BCUT2D eigenvalue weighted by molar-refractivity contribution is 7.15. The molecule has 8 heteroatoms. The van der Waals surface area contributed by atoms with E-state index in [2.05, 4.69) is 15.5 Å². The molecule has 0 atom stereocenters. The number of anilines is 1. The highest BCUT2D eigenvalue weighted by Gasteiger charge is 2.10.